The largest absolute Gasteiger partial charge is 0.473 e. The summed E-state index contributed by atoms with van der Waals surface area (Å²) < 4.78 is 6.41. The van der Waals surface area contributed by atoms with E-state index in [0.717, 1.165) is 16.0 Å². The van der Waals surface area contributed by atoms with Gasteiger partial charge in [0.2, 0.25) is 5.88 Å². The van der Waals surface area contributed by atoms with Crippen LogP contribution in [0.25, 0.3) is 0 Å². The van der Waals surface area contributed by atoms with Crippen LogP contribution in [0.3, 0.4) is 0 Å². The number of aromatic nitrogens is 2. The maximum Gasteiger partial charge on any atom is 0.218 e. The van der Waals surface area contributed by atoms with Gasteiger partial charge in [-0.2, -0.15) is 4.98 Å². The van der Waals surface area contributed by atoms with E-state index in [-0.39, 0.29) is 5.92 Å². The highest BCUT2D eigenvalue weighted by Gasteiger charge is 2.07. The summed E-state index contributed by atoms with van der Waals surface area (Å²) in [6.07, 6.45) is 0. The van der Waals surface area contributed by atoms with Crippen molar-refractivity contribution in [1.29, 1.82) is 0 Å². The Bertz CT molecular complexity index is 575. The molecular formula is C14H14BrClN2O. The molecular weight excluding hydrogens is 328 g/mol. The number of hydrogen-bond donors (Lipinski definition) is 0. The summed E-state index contributed by atoms with van der Waals surface area (Å²) in [6, 6.07) is 9.34. The molecule has 0 N–H and O–H groups in total. The molecule has 0 amide bonds. The molecule has 1 heterocycles. The SMILES string of the molecule is CC(C)c1nc(Br)cc(OCc2cccc(Cl)c2)n1. The molecule has 19 heavy (non-hydrogen) atoms. The van der Waals surface area contributed by atoms with Crippen molar-refractivity contribution in [2.45, 2.75) is 26.4 Å². The predicted molar refractivity (Wildman–Crippen MR) is 79.6 cm³/mol. The maximum atomic E-state index is 5.93. The van der Waals surface area contributed by atoms with E-state index in [4.69, 9.17) is 16.3 Å². The molecule has 100 valence electrons. The first-order valence-corrected chi connectivity index (χ1v) is 7.13. The molecule has 0 atom stereocenters. The van der Waals surface area contributed by atoms with E-state index in [1.165, 1.54) is 0 Å². The van der Waals surface area contributed by atoms with Crippen LogP contribution in [-0.2, 0) is 6.61 Å². The molecule has 2 rings (SSSR count). The van der Waals surface area contributed by atoms with E-state index >= 15 is 0 Å². The van der Waals surface area contributed by atoms with Crippen molar-refractivity contribution >= 4 is 27.5 Å². The molecule has 1 aromatic heterocycles. The lowest BCUT2D eigenvalue weighted by Crippen LogP contribution is -2.03. The number of benzene rings is 1. The van der Waals surface area contributed by atoms with Crippen LogP contribution in [0.15, 0.2) is 34.9 Å². The Balaban J connectivity index is 2.11. The second-order valence-corrected chi connectivity index (χ2v) is 5.71. The van der Waals surface area contributed by atoms with Crippen LogP contribution in [0.2, 0.25) is 5.02 Å². The monoisotopic (exact) mass is 340 g/mol. The first-order chi connectivity index (χ1) is 9.04. The second-order valence-electron chi connectivity index (χ2n) is 4.46. The lowest BCUT2D eigenvalue weighted by atomic mass is 10.2. The Morgan fingerprint density at radius 3 is 2.74 bits per heavy atom. The van der Waals surface area contributed by atoms with Crippen LogP contribution in [-0.4, -0.2) is 9.97 Å². The molecule has 1 aromatic carbocycles. The van der Waals surface area contributed by atoms with Crippen LogP contribution in [0, 0.1) is 0 Å². The minimum atomic E-state index is 0.256. The van der Waals surface area contributed by atoms with Gasteiger partial charge in [0.1, 0.15) is 17.0 Å². The standard InChI is InChI=1S/C14H14BrClN2O/c1-9(2)14-17-12(15)7-13(18-14)19-8-10-4-3-5-11(16)6-10/h3-7,9H,8H2,1-2H3. The summed E-state index contributed by atoms with van der Waals surface area (Å²) in [5.74, 6) is 1.58. The molecule has 2 aromatic rings. The maximum absolute atomic E-state index is 5.93. The third kappa shape index (κ3) is 4.18. The molecule has 0 fully saturated rings. The minimum Gasteiger partial charge on any atom is -0.473 e. The summed E-state index contributed by atoms with van der Waals surface area (Å²) >= 11 is 9.30. The van der Waals surface area contributed by atoms with Crippen molar-refractivity contribution in [1.82, 2.24) is 9.97 Å². The van der Waals surface area contributed by atoms with E-state index in [9.17, 15) is 0 Å². The van der Waals surface area contributed by atoms with Crippen LogP contribution >= 0.6 is 27.5 Å². The average Bonchev–Trinajstić information content (AvgIpc) is 2.36. The van der Waals surface area contributed by atoms with E-state index in [0.29, 0.717) is 17.5 Å². The summed E-state index contributed by atoms with van der Waals surface area (Å²) in [7, 11) is 0. The quantitative estimate of drug-likeness (QED) is 0.763. The van der Waals surface area contributed by atoms with Gasteiger partial charge in [-0.3, -0.25) is 0 Å². The summed E-state index contributed by atoms with van der Waals surface area (Å²) in [6.45, 7) is 4.52. The first kappa shape index (κ1) is 14.3. The Morgan fingerprint density at radius 2 is 2.05 bits per heavy atom. The molecule has 0 saturated carbocycles. The molecule has 0 unspecified atom stereocenters. The highest BCUT2D eigenvalue weighted by molar-refractivity contribution is 9.10. The van der Waals surface area contributed by atoms with Gasteiger partial charge in [-0.1, -0.05) is 37.6 Å². The van der Waals surface area contributed by atoms with Crippen molar-refractivity contribution in [3.63, 3.8) is 0 Å². The van der Waals surface area contributed by atoms with Gasteiger partial charge in [0.05, 0.1) is 0 Å². The van der Waals surface area contributed by atoms with Gasteiger partial charge < -0.3 is 4.74 Å². The fourth-order valence-corrected chi connectivity index (χ4v) is 2.12. The summed E-state index contributed by atoms with van der Waals surface area (Å²) in [5.41, 5.74) is 1.01. The topological polar surface area (TPSA) is 35.0 Å². The van der Waals surface area contributed by atoms with Gasteiger partial charge >= 0.3 is 0 Å². The molecule has 3 nitrogen and oxygen atoms in total. The molecule has 0 aliphatic heterocycles. The zero-order valence-electron chi connectivity index (χ0n) is 10.7. The number of nitrogens with zero attached hydrogens (tertiary/aromatic N) is 2. The van der Waals surface area contributed by atoms with Gasteiger partial charge in [0.15, 0.2) is 0 Å². The van der Waals surface area contributed by atoms with Crippen LogP contribution < -0.4 is 4.74 Å². The minimum absolute atomic E-state index is 0.256. The zero-order valence-corrected chi connectivity index (χ0v) is 13.1. The predicted octanol–water partition coefficient (Wildman–Crippen LogP) is 4.59. The number of rotatable bonds is 4. The van der Waals surface area contributed by atoms with Gasteiger partial charge in [0, 0.05) is 17.0 Å². The smallest absolute Gasteiger partial charge is 0.218 e. The molecule has 0 spiro atoms. The van der Waals surface area contributed by atoms with Gasteiger partial charge in [-0.25, -0.2) is 4.98 Å². The third-order valence-corrected chi connectivity index (χ3v) is 3.12. The highest BCUT2D eigenvalue weighted by Crippen LogP contribution is 2.20. The van der Waals surface area contributed by atoms with Crippen molar-refractivity contribution in [2.24, 2.45) is 0 Å². The Morgan fingerprint density at radius 1 is 1.26 bits per heavy atom. The average molecular weight is 342 g/mol. The van der Waals surface area contributed by atoms with E-state index in [1.54, 1.807) is 6.07 Å². The third-order valence-electron chi connectivity index (χ3n) is 2.48. The van der Waals surface area contributed by atoms with Gasteiger partial charge in [-0.15, -0.1) is 0 Å². The first-order valence-electron chi connectivity index (χ1n) is 5.96. The number of ether oxygens (including phenoxy) is 1. The number of hydrogen-bond acceptors (Lipinski definition) is 3. The summed E-state index contributed by atoms with van der Waals surface area (Å²) in [5, 5.41) is 0.702. The van der Waals surface area contributed by atoms with E-state index in [2.05, 4.69) is 25.9 Å². The molecule has 5 heteroatoms. The zero-order chi connectivity index (χ0) is 13.8. The van der Waals surface area contributed by atoms with E-state index in [1.807, 2.05) is 38.1 Å². The molecule has 0 bridgehead atoms. The van der Waals surface area contributed by atoms with Gasteiger partial charge in [-0.05, 0) is 33.6 Å². The second kappa shape index (κ2) is 6.35. The van der Waals surface area contributed by atoms with Crippen molar-refractivity contribution in [3.8, 4) is 5.88 Å². The Kier molecular flexibility index (Phi) is 4.77. The van der Waals surface area contributed by atoms with Crippen molar-refractivity contribution < 1.29 is 4.74 Å². The van der Waals surface area contributed by atoms with Crippen LogP contribution in [0.4, 0.5) is 0 Å². The van der Waals surface area contributed by atoms with E-state index < -0.39 is 0 Å². The van der Waals surface area contributed by atoms with Crippen LogP contribution in [0.1, 0.15) is 31.2 Å². The fraction of sp³-hybridized carbons (Fsp3) is 0.286. The van der Waals surface area contributed by atoms with Crippen LogP contribution in [0.5, 0.6) is 5.88 Å². The Hall–Kier alpha value is -1.13. The van der Waals surface area contributed by atoms with Gasteiger partial charge in [0.25, 0.3) is 0 Å². The highest BCUT2D eigenvalue weighted by atomic mass is 79.9. The molecule has 0 radical (unpaired) electrons. The molecule has 0 aliphatic rings. The lowest BCUT2D eigenvalue weighted by Gasteiger charge is -2.09. The lowest BCUT2D eigenvalue weighted by molar-refractivity contribution is 0.291. The summed E-state index contributed by atoms with van der Waals surface area (Å²) in [4.78, 5) is 8.68. The Labute approximate surface area is 126 Å². The normalized spacial score (nSPS) is 10.8. The molecule has 0 aliphatic carbocycles. The fourth-order valence-electron chi connectivity index (χ4n) is 1.53. The number of halogens is 2. The van der Waals surface area contributed by atoms with Crippen molar-refractivity contribution in [2.75, 3.05) is 0 Å². The molecule has 0 saturated heterocycles. The van der Waals surface area contributed by atoms with Crippen molar-refractivity contribution in [3.05, 3.63) is 51.3 Å².